The predicted molar refractivity (Wildman–Crippen MR) is 284 cm³/mol. The first-order valence-corrected chi connectivity index (χ1v) is 27.6. The molecule has 0 aromatic carbocycles. The van der Waals surface area contributed by atoms with E-state index >= 15 is 0 Å². The first-order valence-electron chi connectivity index (χ1n) is 27.6. The van der Waals surface area contributed by atoms with Crippen LogP contribution in [-0.2, 0) is 28.6 Å². The van der Waals surface area contributed by atoms with Crippen LogP contribution in [0.2, 0.25) is 0 Å². The number of hydrogen-bond donors (Lipinski definition) is 0. The van der Waals surface area contributed by atoms with Gasteiger partial charge in [0.2, 0.25) is 0 Å². The third-order valence-electron chi connectivity index (χ3n) is 11.6. The van der Waals surface area contributed by atoms with Gasteiger partial charge in [0.25, 0.3) is 0 Å². The second kappa shape index (κ2) is 54.2. The summed E-state index contributed by atoms with van der Waals surface area (Å²) in [4.78, 5) is 38.1. The molecule has 0 aliphatic rings. The minimum absolute atomic E-state index is 0.0938. The largest absolute Gasteiger partial charge is 0.462 e. The molecule has 1 atom stereocenters. The lowest BCUT2D eigenvalue weighted by Crippen LogP contribution is -2.30. The lowest BCUT2D eigenvalue weighted by Gasteiger charge is -2.18. The summed E-state index contributed by atoms with van der Waals surface area (Å²) in [7, 11) is 0. The van der Waals surface area contributed by atoms with Crippen LogP contribution in [0.5, 0.6) is 0 Å². The SMILES string of the molecule is CC/C=C\C/C=C\C/C=C\C/C=C\CCCCCCCCC(=O)OCC(COC(=O)CCCCC/C=C\CCCCCCCCC)OC(=O)CCCCCCCC/C=C\C=C/CCCCC. The molecule has 0 saturated heterocycles. The van der Waals surface area contributed by atoms with E-state index in [1.54, 1.807) is 0 Å². The van der Waals surface area contributed by atoms with Gasteiger partial charge in [-0.05, 0) is 109 Å². The summed E-state index contributed by atoms with van der Waals surface area (Å²) in [6.45, 7) is 6.46. The van der Waals surface area contributed by atoms with Gasteiger partial charge in [-0.15, -0.1) is 0 Å². The van der Waals surface area contributed by atoms with E-state index in [9.17, 15) is 14.4 Å². The molecule has 0 heterocycles. The Morgan fingerprint density at radius 3 is 1.08 bits per heavy atom. The van der Waals surface area contributed by atoms with Gasteiger partial charge in [0, 0.05) is 19.3 Å². The molecule has 0 fully saturated rings. The molecule has 378 valence electrons. The Kier molecular flexibility index (Phi) is 51.4. The number of hydrogen-bond acceptors (Lipinski definition) is 6. The number of unbranched alkanes of at least 4 members (excludes halogenated alkanes) is 25. The maximum absolute atomic E-state index is 12.8. The first kappa shape index (κ1) is 62.6. The van der Waals surface area contributed by atoms with Crippen LogP contribution in [0, 0.1) is 0 Å². The quantitative estimate of drug-likeness (QED) is 0.0199. The van der Waals surface area contributed by atoms with Crippen molar-refractivity contribution >= 4 is 17.9 Å². The van der Waals surface area contributed by atoms with E-state index in [2.05, 4.69) is 106 Å². The van der Waals surface area contributed by atoms with Crippen LogP contribution in [0.15, 0.2) is 85.1 Å². The van der Waals surface area contributed by atoms with Crippen LogP contribution in [0.1, 0.15) is 258 Å². The summed E-state index contributed by atoms with van der Waals surface area (Å²) in [6.07, 6.45) is 69.9. The predicted octanol–water partition coefficient (Wildman–Crippen LogP) is 18.4. The van der Waals surface area contributed by atoms with Crippen molar-refractivity contribution in [3.05, 3.63) is 85.1 Å². The highest BCUT2D eigenvalue weighted by molar-refractivity contribution is 5.71. The molecule has 1 unspecified atom stereocenters. The topological polar surface area (TPSA) is 78.9 Å². The van der Waals surface area contributed by atoms with E-state index in [0.29, 0.717) is 19.3 Å². The average molecular weight is 919 g/mol. The lowest BCUT2D eigenvalue weighted by molar-refractivity contribution is -0.167. The molecule has 0 aliphatic heterocycles. The molecule has 6 heteroatoms. The number of ether oxygens (including phenoxy) is 3. The van der Waals surface area contributed by atoms with Gasteiger partial charge in [-0.2, -0.15) is 0 Å². The van der Waals surface area contributed by atoms with Gasteiger partial charge < -0.3 is 14.2 Å². The van der Waals surface area contributed by atoms with Crippen molar-refractivity contribution in [3.63, 3.8) is 0 Å². The van der Waals surface area contributed by atoms with Gasteiger partial charge in [0.15, 0.2) is 6.10 Å². The molecule has 0 rings (SSSR count). The molecule has 0 aliphatic carbocycles. The fourth-order valence-electron chi connectivity index (χ4n) is 7.48. The van der Waals surface area contributed by atoms with Crippen LogP contribution in [0.25, 0.3) is 0 Å². The number of carbonyl (C=O) groups is 3. The second-order valence-corrected chi connectivity index (χ2v) is 18.1. The Balaban J connectivity index is 4.44. The van der Waals surface area contributed by atoms with Gasteiger partial charge in [-0.25, -0.2) is 0 Å². The van der Waals surface area contributed by atoms with Crippen molar-refractivity contribution in [3.8, 4) is 0 Å². The molecular formula is C60H102O6. The van der Waals surface area contributed by atoms with Gasteiger partial charge in [0.05, 0.1) is 0 Å². The number of carbonyl (C=O) groups excluding carboxylic acids is 3. The van der Waals surface area contributed by atoms with Crippen molar-refractivity contribution in [2.45, 2.75) is 264 Å². The second-order valence-electron chi connectivity index (χ2n) is 18.1. The van der Waals surface area contributed by atoms with E-state index in [0.717, 1.165) is 122 Å². The highest BCUT2D eigenvalue weighted by Gasteiger charge is 2.19. The maximum atomic E-state index is 12.8. The third kappa shape index (κ3) is 51.6. The average Bonchev–Trinajstić information content (AvgIpc) is 3.31. The molecule has 0 N–H and O–H groups in total. The molecule has 0 aromatic rings. The summed E-state index contributed by atoms with van der Waals surface area (Å²) in [5.41, 5.74) is 0. The smallest absolute Gasteiger partial charge is 0.306 e. The molecule has 6 nitrogen and oxygen atoms in total. The Morgan fingerprint density at radius 1 is 0.333 bits per heavy atom. The standard InChI is InChI=1S/C60H102O6/c1-4-7-10-13-16-19-22-25-28-29-30-31-33-35-38-41-44-47-50-53-59(62)65-56-57(55-64-58(61)52-49-46-43-40-37-34-27-24-21-18-15-12-9-6-3)66-60(63)54-51-48-45-42-39-36-32-26-23-20-17-14-11-8-5-2/h7,10,16-17,19-20,23,25-26,28,30-31,34,37,57H,4-6,8-9,11-15,18,21-22,24,27,29,32-33,35-36,38-56H2,1-3H3/b10-7-,19-16-,20-17-,26-23-,28-25-,31-30-,37-34-. The monoisotopic (exact) mass is 919 g/mol. The van der Waals surface area contributed by atoms with E-state index in [4.69, 9.17) is 14.2 Å². The fourth-order valence-corrected chi connectivity index (χ4v) is 7.48. The zero-order chi connectivity index (χ0) is 47.9. The fraction of sp³-hybridized carbons (Fsp3) is 0.717. The Morgan fingerprint density at radius 2 is 0.636 bits per heavy atom. The normalized spacial score (nSPS) is 12.7. The molecule has 0 aromatic heterocycles. The van der Waals surface area contributed by atoms with Crippen LogP contribution < -0.4 is 0 Å². The zero-order valence-corrected chi connectivity index (χ0v) is 43.2. The maximum Gasteiger partial charge on any atom is 0.306 e. The third-order valence-corrected chi connectivity index (χ3v) is 11.6. The van der Waals surface area contributed by atoms with E-state index in [1.807, 2.05) is 0 Å². The highest BCUT2D eigenvalue weighted by Crippen LogP contribution is 2.14. The van der Waals surface area contributed by atoms with Gasteiger partial charge >= 0.3 is 17.9 Å². The van der Waals surface area contributed by atoms with Crippen LogP contribution in [0.4, 0.5) is 0 Å². The molecule has 66 heavy (non-hydrogen) atoms. The van der Waals surface area contributed by atoms with Gasteiger partial charge in [0.1, 0.15) is 13.2 Å². The minimum atomic E-state index is -0.795. The van der Waals surface area contributed by atoms with Crippen LogP contribution in [-0.4, -0.2) is 37.2 Å². The summed E-state index contributed by atoms with van der Waals surface area (Å²) in [5.74, 6) is -0.931. The minimum Gasteiger partial charge on any atom is -0.462 e. The Hall–Kier alpha value is -3.41. The summed E-state index contributed by atoms with van der Waals surface area (Å²) < 4.78 is 16.8. The molecular weight excluding hydrogens is 817 g/mol. The Bertz CT molecular complexity index is 1290. The van der Waals surface area contributed by atoms with E-state index in [1.165, 1.54) is 96.3 Å². The van der Waals surface area contributed by atoms with E-state index < -0.39 is 6.10 Å². The lowest BCUT2D eigenvalue weighted by atomic mass is 10.1. The summed E-state index contributed by atoms with van der Waals surface area (Å²) in [6, 6.07) is 0. The highest BCUT2D eigenvalue weighted by atomic mass is 16.6. The van der Waals surface area contributed by atoms with Crippen molar-refractivity contribution in [1.29, 1.82) is 0 Å². The molecule has 0 saturated carbocycles. The van der Waals surface area contributed by atoms with Crippen molar-refractivity contribution in [2.75, 3.05) is 13.2 Å². The van der Waals surface area contributed by atoms with Crippen molar-refractivity contribution in [2.24, 2.45) is 0 Å². The summed E-state index contributed by atoms with van der Waals surface area (Å²) in [5, 5.41) is 0. The number of esters is 3. The molecule has 0 radical (unpaired) electrons. The summed E-state index contributed by atoms with van der Waals surface area (Å²) >= 11 is 0. The molecule has 0 spiro atoms. The van der Waals surface area contributed by atoms with Crippen molar-refractivity contribution < 1.29 is 28.6 Å². The number of rotatable bonds is 49. The van der Waals surface area contributed by atoms with Gasteiger partial charge in [-0.3, -0.25) is 14.4 Å². The molecule has 0 amide bonds. The number of allylic oxidation sites excluding steroid dienone is 14. The Labute approximate surface area is 407 Å². The zero-order valence-electron chi connectivity index (χ0n) is 43.2. The molecule has 0 bridgehead atoms. The van der Waals surface area contributed by atoms with Crippen LogP contribution >= 0.6 is 0 Å². The van der Waals surface area contributed by atoms with E-state index in [-0.39, 0.29) is 31.1 Å². The first-order chi connectivity index (χ1) is 32.5. The van der Waals surface area contributed by atoms with Gasteiger partial charge in [-0.1, -0.05) is 215 Å². The van der Waals surface area contributed by atoms with Crippen molar-refractivity contribution in [1.82, 2.24) is 0 Å². The van der Waals surface area contributed by atoms with Crippen LogP contribution in [0.3, 0.4) is 0 Å².